The molecule has 426 valence electrons. The molecular weight excluding hydrogens is 1020 g/mol. The average Bonchev–Trinajstić information content (AvgIpc) is 3.99. The van der Waals surface area contributed by atoms with Gasteiger partial charge >= 0.3 is 35.9 Å². The number of amides is 5. The smallest absolute Gasteiger partial charge is 0.326 e. The predicted octanol–water partition coefficient (Wildman–Crippen LogP) is 0.665. The van der Waals surface area contributed by atoms with E-state index in [0.717, 1.165) is 16.3 Å². The van der Waals surface area contributed by atoms with Gasteiger partial charge < -0.3 is 57.0 Å². The molecule has 7 rings (SSSR count). The van der Waals surface area contributed by atoms with E-state index in [1.807, 2.05) is 47.4 Å². The zero-order valence-corrected chi connectivity index (χ0v) is 43.7. The molecule has 26 nitrogen and oxygen atoms in total. The molecule has 1 aromatic heterocycles. The SMILES string of the molecule is NC(=O)CN1CCN(CC(=O)O)CCN(Cc2nnc(C34CCC(C(=O)NC(Cc5ccc6ccccc6c5)C(=O)NCCCCC(NC(=O)NC(CCCC(=O)O)C(=O)O)C(=O)O)(CC3)CC4)o2)CCN(CC(=O)O)CC1. The van der Waals surface area contributed by atoms with Gasteiger partial charge in [-0.05, 0) is 87.0 Å². The summed E-state index contributed by atoms with van der Waals surface area (Å²) in [5.74, 6) is -6.29. The molecule has 3 saturated carbocycles. The first-order valence-corrected chi connectivity index (χ1v) is 26.5. The standard InChI is InChI=1S/C52H73N11O15/c53-40(64)30-60-20-24-62(32-43(67)68)26-22-61(23-27-63(25-21-60)33-44(69)70)31-41-58-59-49(78-41)52-16-13-51(14-17-52,15-18-52)48(76)55-39(29-34-11-12-35-6-1-2-7-36(35)28-34)45(71)54-19-4-3-8-37(46(72)73)56-50(77)57-38(47(74)75)9-5-10-42(65)66/h1-2,6-7,11-12,28,37-39H,3-5,8-10,13-27,29-33H2,(H2,53,64)(H,54,71)(H,55,76)(H,65,66)(H,67,68)(H,69,70)(H,72,73)(H,74,75)(H2,56,57,77). The largest absolute Gasteiger partial charge is 0.481 e. The van der Waals surface area contributed by atoms with E-state index in [0.29, 0.717) is 109 Å². The monoisotopic (exact) mass is 1090 g/mol. The molecule has 78 heavy (non-hydrogen) atoms. The van der Waals surface area contributed by atoms with Gasteiger partial charge in [-0.25, -0.2) is 14.4 Å². The Morgan fingerprint density at radius 2 is 1.14 bits per heavy atom. The number of fused-ring (bicyclic) bond motifs is 4. The van der Waals surface area contributed by atoms with Gasteiger partial charge in [-0.2, -0.15) is 0 Å². The first-order valence-electron chi connectivity index (χ1n) is 26.5. The third kappa shape index (κ3) is 17.9. The fourth-order valence-electron chi connectivity index (χ4n) is 10.6. The Hall–Kier alpha value is -7.29. The van der Waals surface area contributed by atoms with Crippen LogP contribution in [0.2, 0.25) is 0 Å². The van der Waals surface area contributed by atoms with E-state index in [2.05, 4.69) is 31.5 Å². The molecule has 4 fully saturated rings. The lowest BCUT2D eigenvalue weighted by Gasteiger charge is -2.50. The van der Waals surface area contributed by atoms with Crippen molar-refractivity contribution in [2.45, 2.75) is 114 Å². The number of carbonyl (C=O) groups is 9. The number of hydrogen-bond acceptors (Lipinski definition) is 16. The summed E-state index contributed by atoms with van der Waals surface area (Å²) < 4.78 is 6.41. The minimum Gasteiger partial charge on any atom is -0.481 e. The Bertz CT molecular complexity index is 2560. The molecule has 26 heteroatoms. The molecule has 3 aliphatic carbocycles. The summed E-state index contributed by atoms with van der Waals surface area (Å²) in [4.78, 5) is 118. The van der Waals surface area contributed by atoms with E-state index < -0.39 is 76.6 Å². The lowest BCUT2D eigenvalue weighted by Crippen LogP contribution is -2.56. The maximum Gasteiger partial charge on any atom is 0.326 e. The Morgan fingerprint density at radius 1 is 0.603 bits per heavy atom. The Labute approximate surface area is 450 Å². The fourth-order valence-corrected chi connectivity index (χ4v) is 10.6. The summed E-state index contributed by atoms with van der Waals surface area (Å²) >= 11 is 0. The van der Waals surface area contributed by atoms with Crippen molar-refractivity contribution >= 4 is 64.4 Å². The minimum absolute atomic E-state index is 0.0188. The molecule has 4 aliphatic rings. The number of aromatic nitrogens is 2. The van der Waals surface area contributed by atoms with Gasteiger partial charge in [-0.1, -0.05) is 42.5 Å². The highest BCUT2D eigenvalue weighted by Crippen LogP contribution is 2.57. The lowest BCUT2D eigenvalue weighted by atomic mass is 9.53. The first kappa shape index (κ1) is 59.9. The summed E-state index contributed by atoms with van der Waals surface area (Å²) in [6.07, 6.45) is 3.43. The number of carboxylic acids is 5. The quantitative estimate of drug-likeness (QED) is 0.0469. The van der Waals surface area contributed by atoms with E-state index >= 15 is 0 Å². The highest BCUT2D eigenvalue weighted by molar-refractivity contribution is 5.91. The Kier molecular flexibility index (Phi) is 21.8. The van der Waals surface area contributed by atoms with Crippen molar-refractivity contribution < 1.29 is 73.1 Å². The second-order valence-electron chi connectivity index (χ2n) is 20.8. The topological polar surface area (TPSA) is 381 Å². The highest BCUT2D eigenvalue weighted by atomic mass is 16.4. The minimum atomic E-state index is -1.43. The van der Waals surface area contributed by atoms with Crippen LogP contribution in [0.25, 0.3) is 10.8 Å². The molecule has 2 bridgehead atoms. The summed E-state index contributed by atoms with van der Waals surface area (Å²) in [5.41, 5.74) is 5.06. The molecule has 11 N–H and O–H groups in total. The number of rotatable bonds is 27. The van der Waals surface area contributed by atoms with E-state index in [9.17, 15) is 63.6 Å². The van der Waals surface area contributed by atoms with E-state index in [1.54, 1.807) is 14.7 Å². The number of primary amides is 1. The van der Waals surface area contributed by atoms with Crippen molar-refractivity contribution in [2.75, 3.05) is 78.5 Å². The van der Waals surface area contributed by atoms with Crippen LogP contribution in [-0.4, -0.2) is 206 Å². The molecule has 2 aromatic carbocycles. The van der Waals surface area contributed by atoms with Crippen molar-refractivity contribution in [2.24, 2.45) is 11.1 Å². The average molecular weight is 1090 g/mol. The van der Waals surface area contributed by atoms with Gasteiger partial charge in [-0.15, -0.1) is 10.2 Å². The third-order valence-corrected chi connectivity index (χ3v) is 15.2. The fraction of sp³-hybridized carbons (Fsp3) is 0.596. The van der Waals surface area contributed by atoms with Crippen LogP contribution in [0, 0.1) is 5.41 Å². The van der Waals surface area contributed by atoms with Crippen LogP contribution in [0.3, 0.4) is 0 Å². The summed E-state index contributed by atoms with van der Waals surface area (Å²) in [6, 6.07) is 8.80. The van der Waals surface area contributed by atoms with Gasteiger partial charge in [0.1, 0.15) is 18.1 Å². The Balaban J connectivity index is 1.06. The highest BCUT2D eigenvalue weighted by Gasteiger charge is 2.55. The zero-order chi connectivity index (χ0) is 56.4. The molecule has 3 unspecified atom stereocenters. The number of hydrogen-bond donors (Lipinski definition) is 10. The van der Waals surface area contributed by atoms with Gasteiger partial charge in [0.2, 0.25) is 29.5 Å². The van der Waals surface area contributed by atoms with Gasteiger partial charge in [0.25, 0.3) is 0 Å². The number of carboxylic acid groups (broad SMARTS) is 5. The van der Waals surface area contributed by atoms with Gasteiger partial charge in [0.05, 0.1) is 26.2 Å². The predicted molar refractivity (Wildman–Crippen MR) is 278 cm³/mol. The molecule has 2 heterocycles. The number of nitrogens with one attached hydrogen (secondary N) is 4. The van der Waals surface area contributed by atoms with Crippen LogP contribution in [0.4, 0.5) is 4.79 Å². The maximum atomic E-state index is 14.5. The molecule has 0 spiro atoms. The van der Waals surface area contributed by atoms with Crippen LogP contribution in [0.15, 0.2) is 46.9 Å². The van der Waals surface area contributed by atoms with Crippen molar-refractivity contribution in [1.82, 2.24) is 51.1 Å². The number of benzene rings is 2. The first-order chi connectivity index (χ1) is 37.2. The number of urea groups is 1. The second-order valence-corrected chi connectivity index (χ2v) is 20.8. The molecule has 5 amide bonds. The number of aliphatic carboxylic acids is 5. The number of unbranched alkanes of at least 4 members (excludes halogenated alkanes) is 1. The van der Waals surface area contributed by atoms with E-state index in [-0.39, 0.29) is 77.2 Å². The molecule has 3 atom stereocenters. The molecule has 1 aliphatic heterocycles. The van der Waals surface area contributed by atoms with Crippen molar-refractivity contribution in [1.29, 1.82) is 0 Å². The number of carbonyl (C=O) groups excluding carboxylic acids is 4. The van der Waals surface area contributed by atoms with Crippen LogP contribution in [0.1, 0.15) is 94.4 Å². The van der Waals surface area contributed by atoms with E-state index in [1.165, 1.54) is 0 Å². The second kappa shape index (κ2) is 28.4. The van der Waals surface area contributed by atoms with Crippen molar-refractivity contribution in [3.8, 4) is 0 Å². The normalized spacial score (nSPS) is 21.0. The summed E-state index contributed by atoms with van der Waals surface area (Å²) in [7, 11) is 0. The van der Waals surface area contributed by atoms with Crippen LogP contribution in [0.5, 0.6) is 0 Å². The molecular formula is C52H73N11O15. The van der Waals surface area contributed by atoms with Crippen molar-refractivity contribution in [3.63, 3.8) is 0 Å². The van der Waals surface area contributed by atoms with Gasteiger partial charge in [-0.3, -0.25) is 48.4 Å². The number of nitrogens with two attached hydrogens (primary N) is 1. The Morgan fingerprint density at radius 3 is 1.68 bits per heavy atom. The van der Waals surface area contributed by atoms with Crippen molar-refractivity contribution in [3.05, 3.63) is 59.8 Å². The summed E-state index contributed by atoms with van der Waals surface area (Å²) in [6.45, 7) is 2.74. The zero-order valence-electron chi connectivity index (χ0n) is 43.7. The molecule has 1 saturated heterocycles. The van der Waals surface area contributed by atoms with Crippen LogP contribution >= 0.6 is 0 Å². The van der Waals surface area contributed by atoms with Gasteiger partial charge in [0, 0.05) is 82.6 Å². The summed E-state index contributed by atoms with van der Waals surface area (Å²) in [5, 5.41) is 68.8. The van der Waals surface area contributed by atoms with Crippen LogP contribution < -0.4 is 27.0 Å². The third-order valence-electron chi connectivity index (χ3n) is 15.2. The number of nitrogens with zero attached hydrogens (tertiary/aromatic N) is 6. The van der Waals surface area contributed by atoms with E-state index in [4.69, 9.17) is 15.3 Å². The van der Waals surface area contributed by atoms with Crippen LogP contribution in [-0.2, 0) is 56.7 Å². The van der Waals surface area contributed by atoms with Gasteiger partial charge in [0.15, 0.2) is 0 Å². The molecule has 0 radical (unpaired) electrons. The lowest BCUT2D eigenvalue weighted by molar-refractivity contribution is -0.141. The maximum absolute atomic E-state index is 14.5. The molecule has 3 aromatic rings.